The maximum Gasteiger partial charge on any atom is 0.255 e. The van der Waals surface area contributed by atoms with Gasteiger partial charge in [0, 0.05) is 21.3 Å². The van der Waals surface area contributed by atoms with Crippen molar-refractivity contribution in [2.75, 3.05) is 19.0 Å². The molecule has 3 rings (SSSR count). The van der Waals surface area contributed by atoms with Gasteiger partial charge in [0.05, 0.1) is 7.11 Å². The van der Waals surface area contributed by atoms with E-state index in [4.69, 9.17) is 9.47 Å². The number of ether oxygens (including phenoxy) is 2. The summed E-state index contributed by atoms with van der Waals surface area (Å²) in [7, 11) is 1.55. The fraction of sp³-hybridized carbons (Fsp3) is 0.0909. The normalized spacial score (nSPS) is 10.2. The molecule has 28 heavy (non-hydrogen) atoms. The molecule has 1 N–H and O–H groups in total. The van der Waals surface area contributed by atoms with Gasteiger partial charge in [-0.1, -0.05) is 34.1 Å². The van der Waals surface area contributed by atoms with E-state index in [1.807, 2.05) is 12.1 Å². The highest BCUT2D eigenvalue weighted by Crippen LogP contribution is 2.19. The summed E-state index contributed by atoms with van der Waals surface area (Å²) in [5.74, 6) is 0.817. The molecular weight excluding hydrogens is 422 g/mol. The molecule has 0 bridgehead atoms. The molecule has 0 spiro atoms. The summed E-state index contributed by atoms with van der Waals surface area (Å²) < 4.78 is 11.6. The second-order valence-corrected chi connectivity index (χ2v) is 6.84. The molecule has 6 heteroatoms. The maximum atomic E-state index is 12.3. The average molecular weight is 440 g/mol. The summed E-state index contributed by atoms with van der Waals surface area (Å²) in [6.07, 6.45) is 0. The Balaban J connectivity index is 1.56. The summed E-state index contributed by atoms with van der Waals surface area (Å²) >= 11 is 3.34. The minimum Gasteiger partial charge on any atom is -0.497 e. The summed E-state index contributed by atoms with van der Waals surface area (Å²) in [5.41, 5.74) is 1.71. The van der Waals surface area contributed by atoms with Crippen molar-refractivity contribution in [1.29, 1.82) is 0 Å². The van der Waals surface area contributed by atoms with Crippen LogP contribution in [0.3, 0.4) is 0 Å². The van der Waals surface area contributed by atoms with E-state index in [1.165, 1.54) is 0 Å². The Morgan fingerprint density at radius 3 is 2.29 bits per heavy atom. The first-order chi connectivity index (χ1) is 13.5. The van der Waals surface area contributed by atoms with Gasteiger partial charge < -0.3 is 14.8 Å². The highest BCUT2D eigenvalue weighted by atomic mass is 79.9. The maximum absolute atomic E-state index is 12.3. The zero-order chi connectivity index (χ0) is 19.9. The smallest absolute Gasteiger partial charge is 0.255 e. The first-order valence-electron chi connectivity index (χ1n) is 8.52. The molecule has 3 aromatic carbocycles. The molecule has 0 aliphatic carbocycles. The third kappa shape index (κ3) is 5.20. The third-order valence-electron chi connectivity index (χ3n) is 3.98. The highest BCUT2D eigenvalue weighted by Gasteiger charge is 2.09. The van der Waals surface area contributed by atoms with E-state index < -0.39 is 0 Å². The van der Waals surface area contributed by atoms with E-state index in [0.717, 1.165) is 4.47 Å². The van der Waals surface area contributed by atoms with Gasteiger partial charge in [-0.05, 0) is 54.6 Å². The third-order valence-corrected chi connectivity index (χ3v) is 4.51. The lowest BCUT2D eigenvalue weighted by atomic mass is 10.1. The molecule has 3 aromatic rings. The Hall–Kier alpha value is -3.12. The van der Waals surface area contributed by atoms with Gasteiger partial charge in [0.2, 0.25) is 0 Å². The molecule has 142 valence electrons. The minimum atomic E-state index is -0.238. The van der Waals surface area contributed by atoms with Crippen LogP contribution in [0, 0.1) is 0 Å². The number of methoxy groups -OCH3 is 1. The van der Waals surface area contributed by atoms with Gasteiger partial charge >= 0.3 is 0 Å². The number of nitrogens with one attached hydrogen (secondary N) is 1. The van der Waals surface area contributed by atoms with Crippen molar-refractivity contribution in [2.45, 2.75) is 0 Å². The second kappa shape index (κ2) is 9.19. The number of halogens is 1. The average Bonchev–Trinajstić information content (AvgIpc) is 2.73. The zero-order valence-electron chi connectivity index (χ0n) is 15.1. The summed E-state index contributed by atoms with van der Waals surface area (Å²) in [6, 6.07) is 20.9. The van der Waals surface area contributed by atoms with Crippen LogP contribution in [0.15, 0.2) is 77.3 Å². The van der Waals surface area contributed by atoms with Gasteiger partial charge in [0.1, 0.15) is 11.5 Å². The number of hydrogen-bond acceptors (Lipinski definition) is 4. The molecule has 0 aromatic heterocycles. The van der Waals surface area contributed by atoms with Crippen molar-refractivity contribution in [3.05, 3.63) is 88.4 Å². The van der Waals surface area contributed by atoms with Crippen LogP contribution in [0.2, 0.25) is 0 Å². The van der Waals surface area contributed by atoms with Crippen LogP contribution in [0.25, 0.3) is 0 Å². The fourth-order valence-corrected chi connectivity index (χ4v) is 2.73. The summed E-state index contributed by atoms with van der Waals surface area (Å²) in [4.78, 5) is 24.5. The van der Waals surface area contributed by atoms with E-state index in [2.05, 4.69) is 21.2 Å². The van der Waals surface area contributed by atoms with Crippen LogP contribution in [-0.2, 0) is 0 Å². The number of anilines is 1. The lowest BCUT2D eigenvalue weighted by Crippen LogP contribution is -2.12. The van der Waals surface area contributed by atoms with Crippen LogP contribution in [-0.4, -0.2) is 25.4 Å². The molecule has 0 heterocycles. The zero-order valence-corrected chi connectivity index (χ0v) is 16.7. The second-order valence-electron chi connectivity index (χ2n) is 5.93. The largest absolute Gasteiger partial charge is 0.497 e. The SMILES string of the molecule is COc1cccc(C(=O)Nc2ccc(OCC(=O)c3ccc(Br)cc3)cc2)c1. The molecule has 0 fully saturated rings. The lowest BCUT2D eigenvalue weighted by Gasteiger charge is -2.09. The first-order valence-corrected chi connectivity index (χ1v) is 9.31. The number of benzene rings is 3. The number of Topliss-reactive ketones (excluding diaryl/α,β-unsaturated/α-hetero) is 1. The quantitative estimate of drug-likeness (QED) is 0.527. The number of hydrogen-bond donors (Lipinski definition) is 1. The molecule has 0 aliphatic rings. The molecule has 1 amide bonds. The Morgan fingerprint density at radius 1 is 0.893 bits per heavy atom. The lowest BCUT2D eigenvalue weighted by molar-refractivity contribution is 0.0921. The van der Waals surface area contributed by atoms with Crippen molar-refractivity contribution < 1.29 is 19.1 Å². The first kappa shape index (κ1) is 19.6. The van der Waals surface area contributed by atoms with Crippen LogP contribution in [0.1, 0.15) is 20.7 Å². The number of rotatable bonds is 7. The van der Waals surface area contributed by atoms with Gasteiger partial charge in [-0.2, -0.15) is 0 Å². The van der Waals surface area contributed by atoms with Gasteiger partial charge in [-0.15, -0.1) is 0 Å². The van der Waals surface area contributed by atoms with Gasteiger partial charge in [0.15, 0.2) is 12.4 Å². The van der Waals surface area contributed by atoms with Gasteiger partial charge in [0.25, 0.3) is 5.91 Å². The predicted molar refractivity (Wildman–Crippen MR) is 111 cm³/mol. The van der Waals surface area contributed by atoms with E-state index in [0.29, 0.717) is 28.3 Å². The van der Waals surface area contributed by atoms with Crippen LogP contribution >= 0.6 is 15.9 Å². The fourth-order valence-electron chi connectivity index (χ4n) is 2.47. The van der Waals surface area contributed by atoms with Crippen molar-refractivity contribution >= 4 is 33.3 Å². The summed E-state index contributed by atoms with van der Waals surface area (Å²) in [6.45, 7) is -0.0584. The standard InChI is InChI=1S/C22H18BrNO4/c1-27-20-4-2-3-16(13-20)22(26)24-18-9-11-19(12-10-18)28-14-21(25)15-5-7-17(23)8-6-15/h2-13H,14H2,1H3,(H,24,26). The number of carbonyl (C=O) groups is 2. The van der Waals surface area contributed by atoms with Crippen molar-refractivity contribution in [3.8, 4) is 11.5 Å². The van der Waals surface area contributed by atoms with Crippen LogP contribution in [0.5, 0.6) is 11.5 Å². The number of carbonyl (C=O) groups excluding carboxylic acids is 2. The topological polar surface area (TPSA) is 64.6 Å². The van der Waals surface area contributed by atoms with E-state index in [-0.39, 0.29) is 18.3 Å². The molecule has 0 unspecified atom stereocenters. The molecule has 0 saturated carbocycles. The Bertz CT molecular complexity index is 969. The van der Waals surface area contributed by atoms with E-state index in [9.17, 15) is 9.59 Å². The molecule has 0 saturated heterocycles. The molecule has 0 atom stereocenters. The molecule has 0 radical (unpaired) electrons. The molecule has 0 aliphatic heterocycles. The van der Waals surface area contributed by atoms with E-state index in [1.54, 1.807) is 67.8 Å². The monoisotopic (exact) mass is 439 g/mol. The Morgan fingerprint density at radius 2 is 1.61 bits per heavy atom. The highest BCUT2D eigenvalue weighted by molar-refractivity contribution is 9.10. The minimum absolute atomic E-state index is 0.0584. The number of ketones is 1. The van der Waals surface area contributed by atoms with Crippen LogP contribution < -0.4 is 14.8 Å². The Labute approximate surface area is 171 Å². The molecular formula is C22H18BrNO4. The predicted octanol–water partition coefficient (Wildman–Crippen LogP) is 4.97. The Kier molecular flexibility index (Phi) is 6.45. The molecule has 5 nitrogen and oxygen atoms in total. The van der Waals surface area contributed by atoms with E-state index >= 15 is 0 Å². The van der Waals surface area contributed by atoms with Crippen LogP contribution in [0.4, 0.5) is 5.69 Å². The summed E-state index contributed by atoms with van der Waals surface area (Å²) in [5, 5.41) is 2.81. The van der Waals surface area contributed by atoms with Crippen molar-refractivity contribution in [1.82, 2.24) is 0 Å². The van der Waals surface area contributed by atoms with Gasteiger partial charge in [-0.3, -0.25) is 9.59 Å². The van der Waals surface area contributed by atoms with Gasteiger partial charge in [-0.25, -0.2) is 0 Å². The van der Waals surface area contributed by atoms with Crippen molar-refractivity contribution in [3.63, 3.8) is 0 Å². The van der Waals surface area contributed by atoms with Crippen molar-refractivity contribution in [2.24, 2.45) is 0 Å². The number of amides is 1.